The summed E-state index contributed by atoms with van der Waals surface area (Å²) in [6.07, 6.45) is 3.00. The molecule has 1 aromatic heterocycles. The molecule has 0 radical (unpaired) electrons. The van der Waals surface area contributed by atoms with Crippen LogP contribution in [0.3, 0.4) is 0 Å². The van der Waals surface area contributed by atoms with E-state index in [2.05, 4.69) is 33.0 Å². The minimum absolute atomic E-state index is 0.116. The first-order valence-electron chi connectivity index (χ1n) is 9.26. The number of carbonyl (C=O) groups is 1. The molecule has 1 aliphatic carbocycles. The van der Waals surface area contributed by atoms with Crippen LogP contribution in [0.2, 0.25) is 0 Å². The number of hydrogen-bond acceptors (Lipinski definition) is 6. The van der Waals surface area contributed by atoms with Crippen molar-refractivity contribution >= 4 is 23.4 Å². The van der Waals surface area contributed by atoms with Crippen LogP contribution in [0.15, 0.2) is 59.8 Å². The number of tetrazole rings is 1. The number of nitrogens with zero attached hydrogens (tertiary/aromatic N) is 4. The van der Waals surface area contributed by atoms with Crippen LogP contribution < -0.4 is 10.1 Å². The maximum absolute atomic E-state index is 12.4. The first-order chi connectivity index (χ1) is 13.8. The number of benzene rings is 2. The standard InChI is InChI=1S/C20H21N5O2S/c26-19(14-28-20-22-23-24-25(20)16-10-11-16)21-17-8-4-5-9-18(17)27-13-12-15-6-2-1-3-7-15/h1-9,16H,10-14H2,(H,21,26). The number of ether oxygens (including phenoxy) is 1. The Morgan fingerprint density at radius 2 is 1.93 bits per heavy atom. The van der Waals surface area contributed by atoms with Crippen molar-refractivity contribution in [2.45, 2.75) is 30.5 Å². The third-order valence-electron chi connectivity index (χ3n) is 4.34. The van der Waals surface area contributed by atoms with Gasteiger partial charge in [-0.3, -0.25) is 4.79 Å². The molecule has 28 heavy (non-hydrogen) atoms. The number of para-hydroxylation sites is 2. The average molecular weight is 395 g/mol. The average Bonchev–Trinajstić information content (AvgIpc) is 3.46. The first-order valence-corrected chi connectivity index (χ1v) is 10.2. The normalized spacial score (nSPS) is 13.3. The summed E-state index contributed by atoms with van der Waals surface area (Å²) >= 11 is 1.34. The van der Waals surface area contributed by atoms with Crippen molar-refractivity contribution in [3.05, 3.63) is 60.2 Å². The second-order valence-electron chi connectivity index (χ2n) is 6.55. The molecular formula is C20H21N5O2S. The molecule has 0 bridgehead atoms. The van der Waals surface area contributed by atoms with E-state index in [0.29, 0.717) is 29.2 Å². The van der Waals surface area contributed by atoms with Gasteiger partial charge in [-0.2, -0.15) is 0 Å². The van der Waals surface area contributed by atoms with E-state index >= 15 is 0 Å². The maximum atomic E-state index is 12.4. The van der Waals surface area contributed by atoms with Gasteiger partial charge in [-0.25, -0.2) is 4.68 Å². The molecule has 7 nitrogen and oxygen atoms in total. The van der Waals surface area contributed by atoms with Gasteiger partial charge >= 0.3 is 0 Å². The molecular weight excluding hydrogens is 374 g/mol. The third kappa shape index (κ3) is 4.89. The molecule has 3 aromatic rings. The fraction of sp³-hybridized carbons (Fsp3) is 0.300. The van der Waals surface area contributed by atoms with Gasteiger partial charge in [0.15, 0.2) is 0 Å². The van der Waals surface area contributed by atoms with Crippen molar-refractivity contribution in [3.8, 4) is 5.75 Å². The maximum Gasteiger partial charge on any atom is 0.234 e. The van der Waals surface area contributed by atoms with Crippen molar-refractivity contribution in [2.75, 3.05) is 17.7 Å². The fourth-order valence-electron chi connectivity index (χ4n) is 2.76. The summed E-state index contributed by atoms with van der Waals surface area (Å²) in [7, 11) is 0. The van der Waals surface area contributed by atoms with Gasteiger partial charge in [0.05, 0.1) is 24.1 Å². The number of aromatic nitrogens is 4. The summed E-state index contributed by atoms with van der Waals surface area (Å²) < 4.78 is 7.70. The number of carbonyl (C=O) groups excluding carboxylic acids is 1. The highest BCUT2D eigenvalue weighted by Gasteiger charge is 2.28. The summed E-state index contributed by atoms with van der Waals surface area (Å²) in [4.78, 5) is 12.4. The zero-order valence-corrected chi connectivity index (χ0v) is 16.1. The molecule has 0 atom stereocenters. The number of rotatable bonds is 9. The molecule has 1 amide bonds. The number of amides is 1. The highest BCUT2D eigenvalue weighted by atomic mass is 32.2. The van der Waals surface area contributed by atoms with Gasteiger partial charge in [0.1, 0.15) is 5.75 Å². The quantitative estimate of drug-likeness (QED) is 0.560. The van der Waals surface area contributed by atoms with Gasteiger partial charge in [-0.15, -0.1) is 5.10 Å². The van der Waals surface area contributed by atoms with Gasteiger partial charge in [-0.05, 0) is 41.0 Å². The molecule has 1 heterocycles. The van der Waals surface area contributed by atoms with Crippen LogP contribution in [0.1, 0.15) is 24.4 Å². The Balaban J connectivity index is 1.30. The molecule has 1 fully saturated rings. The molecule has 0 saturated heterocycles. The fourth-order valence-corrected chi connectivity index (χ4v) is 3.51. The van der Waals surface area contributed by atoms with E-state index in [1.165, 1.54) is 17.3 Å². The zero-order valence-electron chi connectivity index (χ0n) is 15.3. The van der Waals surface area contributed by atoms with Crippen LogP contribution in [0.25, 0.3) is 0 Å². The van der Waals surface area contributed by atoms with Gasteiger partial charge in [0.25, 0.3) is 0 Å². The minimum atomic E-state index is -0.116. The molecule has 1 aliphatic rings. The number of thioether (sulfide) groups is 1. The van der Waals surface area contributed by atoms with Crippen LogP contribution in [-0.2, 0) is 11.2 Å². The Morgan fingerprint density at radius 3 is 2.75 bits per heavy atom. The predicted octanol–water partition coefficient (Wildman–Crippen LogP) is 3.36. The molecule has 2 aromatic carbocycles. The Labute approximate surface area is 167 Å². The summed E-state index contributed by atoms with van der Waals surface area (Å²) in [5.74, 6) is 0.792. The number of hydrogen-bond donors (Lipinski definition) is 1. The van der Waals surface area contributed by atoms with Crippen LogP contribution in [0.4, 0.5) is 5.69 Å². The van der Waals surface area contributed by atoms with E-state index in [9.17, 15) is 4.79 Å². The minimum Gasteiger partial charge on any atom is -0.491 e. The van der Waals surface area contributed by atoms with Crippen molar-refractivity contribution in [2.24, 2.45) is 0 Å². The van der Waals surface area contributed by atoms with Crippen molar-refractivity contribution in [1.82, 2.24) is 20.2 Å². The van der Waals surface area contributed by atoms with Crippen molar-refractivity contribution < 1.29 is 9.53 Å². The Hall–Kier alpha value is -2.87. The second kappa shape index (κ2) is 8.88. The van der Waals surface area contributed by atoms with Crippen LogP contribution in [0.5, 0.6) is 5.75 Å². The van der Waals surface area contributed by atoms with E-state index in [4.69, 9.17) is 4.74 Å². The Kier molecular flexibility index (Phi) is 5.86. The van der Waals surface area contributed by atoms with Crippen molar-refractivity contribution in [1.29, 1.82) is 0 Å². The summed E-state index contributed by atoms with van der Waals surface area (Å²) in [6, 6.07) is 18.0. The largest absolute Gasteiger partial charge is 0.491 e. The summed E-state index contributed by atoms with van der Waals surface area (Å²) in [6.45, 7) is 0.543. The molecule has 8 heteroatoms. The third-order valence-corrected chi connectivity index (χ3v) is 5.27. The van der Waals surface area contributed by atoms with Gasteiger partial charge in [-0.1, -0.05) is 54.2 Å². The molecule has 144 valence electrons. The second-order valence-corrected chi connectivity index (χ2v) is 7.50. The van der Waals surface area contributed by atoms with E-state index in [0.717, 1.165) is 19.3 Å². The monoisotopic (exact) mass is 395 g/mol. The Morgan fingerprint density at radius 1 is 1.14 bits per heavy atom. The lowest BCUT2D eigenvalue weighted by Gasteiger charge is -2.12. The smallest absolute Gasteiger partial charge is 0.234 e. The zero-order chi connectivity index (χ0) is 19.2. The van der Waals surface area contributed by atoms with E-state index < -0.39 is 0 Å². The Bertz CT molecular complexity index is 927. The molecule has 4 rings (SSSR count). The van der Waals surface area contributed by atoms with E-state index in [1.54, 1.807) is 4.68 Å². The van der Waals surface area contributed by atoms with Gasteiger partial charge in [0.2, 0.25) is 11.1 Å². The molecule has 0 spiro atoms. The molecule has 1 saturated carbocycles. The number of anilines is 1. The lowest BCUT2D eigenvalue weighted by atomic mass is 10.2. The predicted molar refractivity (Wildman–Crippen MR) is 108 cm³/mol. The summed E-state index contributed by atoms with van der Waals surface area (Å²) in [5.41, 5.74) is 1.89. The molecule has 1 N–H and O–H groups in total. The first kappa shape index (κ1) is 18.5. The van der Waals surface area contributed by atoms with E-state index in [-0.39, 0.29) is 11.7 Å². The highest BCUT2D eigenvalue weighted by Crippen LogP contribution is 2.36. The topological polar surface area (TPSA) is 81.9 Å². The summed E-state index contributed by atoms with van der Waals surface area (Å²) in [5, 5.41) is 15.3. The lowest BCUT2D eigenvalue weighted by molar-refractivity contribution is -0.113. The van der Waals surface area contributed by atoms with Crippen LogP contribution >= 0.6 is 11.8 Å². The molecule has 0 aliphatic heterocycles. The SMILES string of the molecule is O=C(CSc1nnnn1C1CC1)Nc1ccccc1OCCc1ccccc1. The van der Waals surface area contributed by atoms with Gasteiger partial charge in [0, 0.05) is 6.42 Å². The van der Waals surface area contributed by atoms with Crippen LogP contribution in [-0.4, -0.2) is 38.5 Å². The molecule has 0 unspecified atom stereocenters. The van der Waals surface area contributed by atoms with E-state index in [1.807, 2.05) is 42.5 Å². The highest BCUT2D eigenvalue weighted by molar-refractivity contribution is 7.99. The van der Waals surface area contributed by atoms with Gasteiger partial charge < -0.3 is 10.1 Å². The van der Waals surface area contributed by atoms with Crippen molar-refractivity contribution in [3.63, 3.8) is 0 Å². The lowest BCUT2D eigenvalue weighted by Crippen LogP contribution is -2.16. The van der Waals surface area contributed by atoms with Crippen LogP contribution in [0, 0.1) is 0 Å². The number of nitrogens with one attached hydrogen (secondary N) is 1.